The van der Waals surface area contributed by atoms with E-state index in [4.69, 9.17) is 0 Å². The van der Waals surface area contributed by atoms with Gasteiger partial charge in [0, 0.05) is 12.6 Å². The number of piperidine rings is 1. The van der Waals surface area contributed by atoms with Crippen LogP contribution in [-0.4, -0.2) is 24.7 Å². The van der Waals surface area contributed by atoms with Gasteiger partial charge < -0.3 is 10.6 Å². The summed E-state index contributed by atoms with van der Waals surface area (Å²) in [6, 6.07) is 10.8. The molecule has 3 rings (SSSR count). The van der Waals surface area contributed by atoms with E-state index >= 15 is 0 Å². The first-order valence-electron chi connectivity index (χ1n) is 6.12. The Kier molecular flexibility index (Phi) is 2.61. The van der Waals surface area contributed by atoms with Gasteiger partial charge in [-0.15, -0.1) is 0 Å². The summed E-state index contributed by atoms with van der Waals surface area (Å²) >= 11 is 0. The summed E-state index contributed by atoms with van der Waals surface area (Å²) in [5, 5.41) is 9.59. The molecule has 0 bridgehead atoms. The average Bonchev–Trinajstić information content (AvgIpc) is 2.73. The van der Waals surface area contributed by atoms with E-state index in [-0.39, 0.29) is 11.4 Å². The summed E-state index contributed by atoms with van der Waals surface area (Å²) in [4.78, 5) is 11.8. The number of benzene rings is 1. The van der Waals surface area contributed by atoms with E-state index in [0.717, 1.165) is 12.8 Å². The second-order valence-corrected chi connectivity index (χ2v) is 4.82. The van der Waals surface area contributed by atoms with Crippen molar-refractivity contribution in [3.05, 3.63) is 35.9 Å². The molecular formula is C13H17N3O. The van der Waals surface area contributed by atoms with Gasteiger partial charge >= 0.3 is 0 Å². The Morgan fingerprint density at radius 2 is 2.06 bits per heavy atom. The van der Waals surface area contributed by atoms with Gasteiger partial charge in [-0.1, -0.05) is 30.3 Å². The van der Waals surface area contributed by atoms with Gasteiger partial charge in [-0.05, 0) is 18.4 Å². The van der Waals surface area contributed by atoms with Gasteiger partial charge in [-0.25, -0.2) is 0 Å². The number of nitrogens with one attached hydrogen (secondary N) is 3. The van der Waals surface area contributed by atoms with Crippen LogP contribution in [0, 0.1) is 0 Å². The molecule has 2 aliphatic heterocycles. The number of hydrogen-bond acceptors (Lipinski definition) is 3. The van der Waals surface area contributed by atoms with Crippen molar-refractivity contribution in [3.63, 3.8) is 0 Å². The van der Waals surface area contributed by atoms with Gasteiger partial charge in [-0.2, -0.15) is 0 Å². The Labute approximate surface area is 101 Å². The zero-order chi connectivity index (χ0) is 11.7. The topological polar surface area (TPSA) is 53.2 Å². The van der Waals surface area contributed by atoms with Crippen molar-refractivity contribution >= 4 is 5.91 Å². The van der Waals surface area contributed by atoms with Crippen LogP contribution in [-0.2, 0) is 4.79 Å². The number of carbonyl (C=O) groups is 1. The average molecular weight is 231 g/mol. The minimum atomic E-state index is -0.370. The fourth-order valence-corrected chi connectivity index (χ4v) is 2.74. The lowest BCUT2D eigenvalue weighted by molar-refractivity contribution is -0.124. The molecule has 4 heteroatoms. The highest BCUT2D eigenvalue weighted by Gasteiger charge is 2.44. The highest BCUT2D eigenvalue weighted by atomic mass is 16.2. The number of carbonyl (C=O) groups excluding carboxylic acids is 1. The Morgan fingerprint density at radius 1 is 1.24 bits per heavy atom. The molecule has 2 heterocycles. The molecule has 2 fully saturated rings. The predicted octanol–water partition coefficient (Wildman–Crippen LogP) is 0.527. The minimum Gasteiger partial charge on any atom is -0.342 e. The molecule has 0 saturated carbocycles. The maximum Gasteiger partial charge on any atom is 0.242 e. The standard InChI is InChI=1S/C13H17N3O/c17-12-13(16-9-15-12)7-6-11(14-8-13)10-4-2-1-3-5-10/h1-5,11,14,16H,6-9H2,(H,15,17). The smallest absolute Gasteiger partial charge is 0.242 e. The third-order valence-electron chi connectivity index (χ3n) is 3.82. The van der Waals surface area contributed by atoms with Crippen LogP contribution < -0.4 is 16.0 Å². The molecule has 1 spiro atoms. The lowest BCUT2D eigenvalue weighted by Crippen LogP contribution is -2.57. The van der Waals surface area contributed by atoms with Crippen LogP contribution in [0.25, 0.3) is 0 Å². The summed E-state index contributed by atoms with van der Waals surface area (Å²) in [5.41, 5.74) is 0.936. The molecule has 2 saturated heterocycles. The predicted molar refractivity (Wildman–Crippen MR) is 65.3 cm³/mol. The second-order valence-electron chi connectivity index (χ2n) is 4.82. The van der Waals surface area contributed by atoms with Gasteiger partial charge in [-0.3, -0.25) is 10.1 Å². The molecule has 1 amide bonds. The monoisotopic (exact) mass is 231 g/mol. The van der Waals surface area contributed by atoms with Crippen molar-refractivity contribution in [2.24, 2.45) is 0 Å². The maximum absolute atomic E-state index is 11.8. The fourth-order valence-electron chi connectivity index (χ4n) is 2.74. The molecule has 17 heavy (non-hydrogen) atoms. The molecule has 2 aliphatic rings. The molecule has 1 aromatic rings. The van der Waals surface area contributed by atoms with Crippen molar-refractivity contribution in [2.45, 2.75) is 24.4 Å². The Bertz CT molecular complexity index is 410. The van der Waals surface area contributed by atoms with Gasteiger partial charge in [0.2, 0.25) is 5.91 Å². The third kappa shape index (κ3) is 1.83. The molecule has 3 N–H and O–H groups in total. The summed E-state index contributed by atoms with van der Waals surface area (Å²) in [7, 11) is 0. The van der Waals surface area contributed by atoms with E-state index in [1.54, 1.807) is 0 Å². The molecule has 90 valence electrons. The second kappa shape index (κ2) is 4.13. The van der Waals surface area contributed by atoms with E-state index in [0.29, 0.717) is 19.3 Å². The fraction of sp³-hybridized carbons (Fsp3) is 0.462. The summed E-state index contributed by atoms with van der Waals surface area (Å²) < 4.78 is 0. The van der Waals surface area contributed by atoms with E-state index in [9.17, 15) is 4.79 Å². The largest absolute Gasteiger partial charge is 0.342 e. The molecule has 0 aliphatic carbocycles. The molecular weight excluding hydrogens is 214 g/mol. The highest BCUT2D eigenvalue weighted by molar-refractivity contribution is 5.88. The minimum absolute atomic E-state index is 0.136. The first-order valence-corrected chi connectivity index (χ1v) is 6.12. The third-order valence-corrected chi connectivity index (χ3v) is 3.82. The van der Waals surface area contributed by atoms with Gasteiger partial charge in [0.25, 0.3) is 0 Å². The Morgan fingerprint density at radius 3 is 2.65 bits per heavy atom. The Hall–Kier alpha value is -1.39. The molecule has 1 aromatic carbocycles. The zero-order valence-electron chi connectivity index (χ0n) is 9.70. The first-order chi connectivity index (χ1) is 8.30. The molecule has 2 unspecified atom stereocenters. The number of hydrogen-bond donors (Lipinski definition) is 3. The van der Waals surface area contributed by atoms with Crippen LogP contribution in [0.4, 0.5) is 0 Å². The van der Waals surface area contributed by atoms with Crippen LogP contribution in [0.15, 0.2) is 30.3 Å². The van der Waals surface area contributed by atoms with Gasteiger partial charge in [0.1, 0.15) is 5.54 Å². The maximum atomic E-state index is 11.8. The summed E-state index contributed by atoms with van der Waals surface area (Å²) in [6.07, 6.45) is 1.88. The van der Waals surface area contributed by atoms with Crippen LogP contribution in [0.5, 0.6) is 0 Å². The Balaban J connectivity index is 1.70. The summed E-state index contributed by atoms with van der Waals surface area (Å²) in [6.45, 7) is 1.30. The molecule has 4 nitrogen and oxygen atoms in total. The van der Waals surface area contributed by atoms with E-state index in [1.807, 2.05) is 6.07 Å². The summed E-state index contributed by atoms with van der Waals surface area (Å²) in [5.74, 6) is 0.136. The van der Waals surface area contributed by atoms with Crippen LogP contribution in [0.1, 0.15) is 24.4 Å². The van der Waals surface area contributed by atoms with Gasteiger partial charge in [0.05, 0.1) is 6.67 Å². The highest BCUT2D eigenvalue weighted by Crippen LogP contribution is 2.29. The lowest BCUT2D eigenvalue weighted by atomic mass is 9.85. The van der Waals surface area contributed by atoms with Crippen molar-refractivity contribution in [3.8, 4) is 0 Å². The van der Waals surface area contributed by atoms with E-state index in [1.165, 1.54) is 5.56 Å². The van der Waals surface area contributed by atoms with Crippen LogP contribution in [0.2, 0.25) is 0 Å². The quantitative estimate of drug-likeness (QED) is 0.661. The number of rotatable bonds is 1. The lowest BCUT2D eigenvalue weighted by Gasteiger charge is -2.36. The normalized spacial score (nSPS) is 32.7. The van der Waals surface area contributed by atoms with Crippen LogP contribution in [0.3, 0.4) is 0 Å². The first kappa shape index (κ1) is 10.7. The molecule has 0 radical (unpaired) electrons. The van der Waals surface area contributed by atoms with E-state index < -0.39 is 0 Å². The van der Waals surface area contributed by atoms with Crippen LogP contribution >= 0.6 is 0 Å². The van der Waals surface area contributed by atoms with Crippen molar-refractivity contribution < 1.29 is 4.79 Å². The molecule has 0 aromatic heterocycles. The molecule has 2 atom stereocenters. The van der Waals surface area contributed by atoms with E-state index in [2.05, 4.69) is 40.2 Å². The van der Waals surface area contributed by atoms with Crippen molar-refractivity contribution in [1.29, 1.82) is 0 Å². The SMILES string of the molecule is O=C1NCNC12CCC(c1ccccc1)NC2. The number of amides is 1. The van der Waals surface area contributed by atoms with Crippen molar-refractivity contribution in [2.75, 3.05) is 13.2 Å². The van der Waals surface area contributed by atoms with Gasteiger partial charge in [0.15, 0.2) is 0 Å². The zero-order valence-corrected chi connectivity index (χ0v) is 9.70. The van der Waals surface area contributed by atoms with Crippen molar-refractivity contribution in [1.82, 2.24) is 16.0 Å².